The number of halogens is 1. The Hall–Kier alpha value is -2.34. The number of aromatic nitrogens is 2. The number of hydrogen-bond acceptors (Lipinski definition) is 4. The van der Waals surface area contributed by atoms with Crippen molar-refractivity contribution in [3.63, 3.8) is 0 Å². The SMILES string of the molecule is OCc1cc(-c2cccc(OCC3COC3)c2)n(-c2ccccc2Cl)n1. The van der Waals surface area contributed by atoms with Crippen molar-refractivity contribution < 1.29 is 14.6 Å². The van der Waals surface area contributed by atoms with Crippen molar-refractivity contribution in [3.8, 4) is 22.7 Å². The Balaban J connectivity index is 1.68. The van der Waals surface area contributed by atoms with E-state index in [1.165, 1.54) is 0 Å². The van der Waals surface area contributed by atoms with Gasteiger partial charge >= 0.3 is 0 Å². The zero-order chi connectivity index (χ0) is 17.9. The van der Waals surface area contributed by atoms with Crippen LogP contribution in [0.5, 0.6) is 5.75 Å². The summed E-state index contributed by atoms with van der Waals surface area (Å²) in [6.07, 6.45) is 0. The molecule has 1 aliphatic heterocycles. The molecule has 1 aliphatic rings. The van der Waals surface area contributed by atoms with Gasteiger partial charge in [-0.2, -0.15) is 5.10 Å². The van der Waals surface area contributed by atoms with Crippen molar-refractivity contribution in [2.24, 2.45) is 5.92 Å². The van der Waals surface area contributed by atoms with Crippen molar-refractivity contribution in [2.75, 3.05) is 19.8 Å². The first-order valence-corrected chi connectivity index (χ1v) is 8.88. The molecule has 3 aromatic rings. The summed E-state index contributed by atoms with van der Waals surface area (Å²) in [5.41, 5.74) is 3.14. The molecule has 1 fully saturated rings. The molecule has 0 atom stereocenters. The molecular weight excluding hydrogens is 352 g/mol. The first kappa shape index (κ1) is 17.1. The summed E-state index contributed by atoms with van der Waals surface area (Å²) >= 11 is 6.35. The van der Waals surface area contributed by atoms with Gasteiger partial charge in [-0.25, -0.2) is 4.68 Å². The molecule has 0 saturated carbocycles. The maximum atomic E-state index is 9.53. The van der Waals surface area contributed by atoms with E-state index in [1.54, 1.807) is 4.68 Å². The fourth-order valence-electron chi connectivity index (χ4n) is 2.86. The number of aliphatic hydroxyl groups excluding tert-OH is 1. The molecule has 0 unspecified atom stereocenters. The van der Waals surface area contributed by atoms with Crippen LogP contribution in [0.15, 0.2) is 54.6 Å². The van der Waals surface area contributed by atoms with Gasteiger partial charge in [0.2, 0.25) is 0 Å². The topological polar surface area (TPSA) is 56.5 Å². The van der Waals surface area contributed by atoms with Gasteiger partial charge < -0.3 is 14.6 Å². The highest BCUT2D eigenvalue weighted by atomic mass is 35.5. The first-order valence-electron chi connectivity index (χ1n) is 8.50. The number of ether oxygens (including phenoxy) is 2. The van der Waals surface area contributed by atoms with Crippen molar-refractivity contribution in [3.05, 3.63) is 65.3 Å². The Kier molecular flexibility index (Phi) is 4.93. The van der Waals surface area contributed by atoms with Gasteiger partial charge in [-0.05, 0) is 30.3 Å². The maximum absolute atomic E-state index is 9.53. The van der Waals surface area contributed by atoms with Crippen LogP contribution in [0.2, 0.25) is 5.02 Å². The monoisotopic (exact) mass is 370 g/mol. The Morgan fingerprint density at radius 3 is 2.73 bits per heavy atom. The number of nitrogens with zero attached hydrogens (tertiary/aromatic N) is 2. The van der Waals surface area contributed by atoms with E-state index in [9.17, 15) is 5.11 Å². The van der Waals surface area contributed by atoms with E-state index >= 15 is 0 Å². The average molecular weight is 371 g/mol. The second-order valence-electron chi connectivity index (χ2n) is 6.28. The summed E-state index contributed by atoms with van der Waals surface area (Å²) in [5.74, 6) is 1.26. The highest BCUT2D eigenvalue weighted by molar-refractivity contribution is 6.32. The molecule has 2 heterocycles. The Morgan fingerprint density at radius 2 is 2.00 bits per heavy atom. The van der Waals surface area contributed by atoms with Gasteiger partial charge in [0.15, 0.2) is 0 Å². The predicted octanol–water partition coefficient (Wildman–Crippen LogP) is 3.71. The second-order valence-corrected chi connectivity index (χ2v) is 6.69. The van der Waals surface area contributed by atoms with Gasteiger partial charge in [0.1, 0.15) is 5.75 Å². The third kappa shape index (κ3) is 3.46. The van der Waals surface area contributed by atoms with E-state index < -0.39 is 0 Å². The van der Waals surface area contributed by atoms with Crippen LogP contribution in [0.3, 0.4) is 0 Å². The summed E-state index contributed by atoms with van der Waals surface area (Å²) < 4.78 is 12.8. The van der Waals surface area contributed by atoms with Gasteiger partial charge in [0.25, 0.3) is 0 Å². The minimum atomic E-state index is -0.137. The van der Waals surface area contributed by atoms with Crippen LogP contribution in [0, 0.1) is 5.92 Å². The van der Waals surface area contributed by atoms with E-state index in [2.05, 4.69) is 5.10 Å². The molecule has 2 aromatic carbocycles. The van der Waals surface area contributed by atoms with Crippen LogP contribution in [0.25, 0.3) is 16.9 Å². The molecule has 0 amide bonds. The lowest BCUT2D eigenvalue weighted by Gasteiger charge is -2.25. The molecular formula is C20H19ClN2O3. The van der Waals surface area contributed by atoms with Crippen LogP contribution in [-0.2, 0) is 11.3 Å². The lowest BCUT2D eigenvalue weighted by atomic mass is 10.1. The standard InChI is InChI=1S/C20H19ClN2O3/c21-18-6-1-2-7-19(18)23-20(9-16(10-24)22-23)15-4-3-5-17(8-15)26-13-14-11-25-12-14/h1-9,14,24H,10-13H2. The fraction of sp³-hybridized carbons (Fsp3) is 0.250. The third-order valence-corrected chi connectivity index (χ3v) is 4.64. The molecule has 26 heavy (non-hydrogen) atoms. The Morgan fingerprint density at radius 1 is 1.15 bits per heavy atom. The smallest absolute Gasteiger partial charge is 0.119 e. The summed E-state index contributed by atoms with van der Waals surface area (Å²) in [6.45, 7) is 2.04. The molecule has 6 heteroatoms. The van der Waals surface area contributed by atoms with Gasteiger partial charge in [0.05, 0.1) is 48.5 Å². The molecule has 1 saturated heterocycles. The number of para-hydroxylation sites is 1. The summed E-state index contributed by atoms with van der Waals surface area (Å²) in [7, 11) is 0. The van der Waals surface area contributed by atoms with Gasteiger partial charge in [-0.15, -0.1) is 0 Å². The molecule has 0 radical (unpaired) electrons. The van der Waals surface area contributed by atoms with Gasteiger partial charge in [-0.3, -0.25) is 0 Å². The summed E-state index contributed by atoms with van der Waals surface area (Å²) in [4.78, 5) is 0. The van der Waals surface area contributed by atoms with Crippen LogP contribution in [0.4, 0.5) is 0 Å². The molecule has 0 aliphatic carbocycles. The minimum Gasteiger partial charge on any atom is -0.493 e. The maximum Gasteiger partial charge on any atom is 0.119 e. The number of rotatable bonds is 6. The minimum absolute atomic E-state index is 0.137. The second kappa shape index (κ2) is 7.50. The van der Waals surface area contributed by atoms with Crippen molar-refractivity contribution in [1.29, 1.82) is 0 Å². The summed E-state index contributed by atoms with van der Waals surface area (Å²) in [5, 5.41) is 14.6. The highest BCUT2D eigenvalue weighted by Crippen LogP contribution is 2.30. The van der Waals surface area contributed by atoms with E-state index in [0.29, 0.717) is 23.2 Å². The molecule has 1 N–H and O–H groups in total. The van der Waals surface area contributed by atoms with Gasteiger partial charge in [-0.1, -0.05) is 35.9 Å². The Labute approximate surface area is 156 Å². The van der Waals surface area contributed by atoms with Crippen LogP contribution < -0.4 is 4.74 Å². The third-order valence-electron chi connectivity index (χ3n) is 4.33. The summed E-state index contributed by atoms with van der Waals surface area (Å²) in [6, 6.07) is 17.2. The van der Waals surface area contributed by atoms with E-state index in [-0.39, 0.29) is 6.61 Å². The van der Waals surface area contributed by atoms with Crippen molar-refractivity contribution >= 4 is 11.6 Å². The first-order chi connectivity index (χ1) is 12.7. The van der Waals surface area contributed by atoms with Gasteiger partial charge in [0, 0.05) is 11.5 Å². The molecule has 1 aromatic heterocycles. The Bertz CT molecular complexity index is 906. The average Bonchev–Trinajstić information content (AvgIpc) is 3.05. The molecule has 0 bridgehead atoms. The van der Waals surface area contributed by atoms with E-state index in [4.69, 9.17) is 21.1 Å². The normalized spacial score (nSPS) is 14.2. The van der Waals surface area contributed by atoms with Crippen LogP contribution >= 0.6 is 11.6 Å². The molecule has 5 nitrogen and oxygen atoms in total. The fourth-order valence-corrected chi connectivity index (χ4v) is 3.08. The molecule has 4 rings (SSSR count). The van der Waals surface area contributed by atoms with Crippen LogP contribution in [-0.4, -0.2) is 34.7 Å². The van der Waals surface area contributed by atoms with E-state index in [0.717, 1.165) is 35.9 Å². The number of hydrogen-bond donors (Lipinski definition) is 1. The quantitative estimate of drug-likeness (QED) is 0.718. The zero-order valence-corrected chi connectivity index (χ0v) is 14.9. The molecule has 134 valence electrons. The van der Waals surface area contributed by atoms with Crippen LogP contribution in [0.1, 0.15) is 5.69 Å². The highest BCUT2D eigenvalue weighted by Gasteiger charge is 2.19. The van der Waals surface area contributed by atoms with Crippen molar-refractivity contribution in [1.82, 2.24) is 9.78 Å². The lowest BCUT2D eigenvalue weighted by Crippen LogP contribution is -2.32. The zero-order valence-electron chi connectivity index (χ0n) is 14.1. The molecule has 0 spiro atoms. The van der Waals surface area contributed by atoms with E-state index in [1.807, 2.05) is 54.6 Å². The number of aliphatic hydroxyl groups is 1. The lowest BCUT2D eigenvalue weighted by molar-refractivity contribution is -0.0508. The predicted molar refractivity (Wildman–Crippen MR) is 99.7 cm³/mol. The number of benzene rings is 2. The largest absolute Gasteiger partial charge is 0.493 e. The van der Waals surface area contributed by atoms with Crippen molar-refractivity contribution in [2.45, 2.75) is 6.61 Å².